The van der Waals surface area contributed by atoms with Crippen molar-refractivity contribution in [2.24, 2.45) is 0 Å². The average Bonchev–Trinajstić information content (AvgIpc) is 2.70. The topological polar surface area (TPSA) is 87.1 Å². The Balaban J connectivity index is 0.000000343. The molecular formula is C22H23F2NO5. The van der Waals surface area contributed by atoms with Gasteiger partial charge in [0.25, 0.3) is 0 Å². The molecule has 2 N–H and O–H groups in total. The van der Waals surface area contributed by atoms with Crippen LogP contribution >= 0.6 is 0 Å². The Labute approximate surface area is 173 Å². The molecule has 0 bridgehead atoms. The fourth-order valence-corrected chi connectivity index (χ4v) is 3.14. The number of ether oxygens (including phenoxy) is 1. The Bertz CT molecular complexity index is 869. The number of rotatable bonds is 5. The molecule has 2 aromatic carbocycles. The molecule has 3 rings (SSSR count). The number of likely N-dealkylation sites (N-methyl/N-ethyl adjacent to an activating group) is 1. The highest BCUT2D eigenvalue weighted by Crippen LogP contribution is 2.31. The molecular weight excluding hydrogens is 396 g/mol. The summed E-state index contributed by atoms with van der Waals surface area (Å²) in [6.45, 7) is 1.64. The quantitative estimate of drug-likeness (QED) is 0.721. The van der Waals surface area contributed by atoms with Gasteiger partial charge < -0.3 is 19.8 Å². The number of piperidine rings is 1. The van der Waals surface area contributed by atoms with Gasteiger partial charge in [0.1, 0.15) is 23.5 Å². The van der Waals surface area contributed by atoms with E-state index in [4.69, 9.17) is 14.9 Å². The summed E-state index contributed by atoms with van der Waals surface area (Å²) in [5, 5.41) is 15.6. The molecule has 6 nitrogen and oxygen atoms in total. The number of likely N-dealkylation sites (tertiary alicyclic amines) is 1. The van der Waals surface area contributed by atoms with Crippen LogP contribution in [-0.4, -0.2) is 53.3 Å². The fourth-order valence-electron chi connectivity index (χ4n) is 3.14. The van der Waals surface area contributed by atoms with Gasteiger partial charge in [0, 0.05) is 31.2 Å². The summed E-state index contributed by atoms with van der Waals surface area (Å²) in [4.78, 5) is 21.3. The minimum Gasteiger partial charge on any atom is -0.490 e. The first-order chi connectivity index (χ1) is 14.3. The molecule has 1 saturated heterocycles. The van der Waals surface area contributed by atoms with Crippen molar-refractivity contribution in [3.8, 4) is 5.75 Å². The fraction of sp³-hybridized carbons (Fsp3) is 0.273. The van der Waals surface area contributed by atoms with Gasteiger partial charge in [0.2, 0.25) is 0 Å². The number of nitrogens with zero attached hydrogens (tertiary/aromatic N) is 1. The number of hydrogen-bond donors (Lipinski definition) is 2. The van der Waals surface area contributed by atoms with Crippen LogP contribution in [0.2, 0.25) is 0 Å². The minimum absolute atomic E-state index is 0.0370. The van der Waals surface area contributed by atoms with E-state index in [9.17, 15) is 18.4 Å². The summed E-state index contributed by atoms with van der Waals surface area (Å²) in [6.07, 6.45) is 1.82. The second-order valence-corrected chi connectivity index (χ2v) is 6.80. The molecule has 0 radical (unpaired) electrons. The second kappa shape index (κ2) is 11.1. The van der Waals surface area contributed by atoms with Crippen molar-refractivity contribution >= 4 is 11.9 Å². The first kappa shape index (κ1) is 23.0. The highest BCUT2D eigenvalue weighted by atomic mass is 19.1. The van der Waals surface area contributed by atoms with E-state index in [-0.39, 0.29) is 23.7 Å². The summed E-state index contributed by atoms with van der Waals surface area (Å²) in [6, 6.07) is 12.8. The first-order valence-corrected chi connectivity index (χ1v) is 9.25. The van der Waals surface area contributed by atoms with Crippen LogP contribution in [0.15, 0.2) is 60.7 Å². The van der Waals surface area contributed by atoms with E-state index in [1.54, 1.807) is 18.2 Å². The number of aliphatic carboxylic acids is 2. The van der Waals surface area contributed by atoms with E-state index < -0.39 is 11.9 Å². The van der Waals surface area contributed by atoms with Gasteiger partial charge in [-0.1, -0.05) is 18.2 Å². The lowest BCUT2D eigenvalue weighted by Gasteiger charge is -2.37. The SMILES string of the molecule is CN1CCC(Oc2ccc(F)cc2)C(c2ccccc2F)C1.O=C(O)C=CC(=O)O. The highest BCUT2D eigenvalue weighted by molar-refractivity contribution is 5.89. The van der Waals surface area contributed by atoms with E-state index >= 15 is 0 Å². The van der Waals surface area contributed by atoms with E-state index in [2.05, 4.69) is 4.90 Å². The largest absolute Gasteiger partial charge is 0.490 e. The number of hydrogen-bond acceptors (Lipinski definition) is 4. The van der Waals surface area contributed by atoms with Crippen molar-refractivity contribution < 1.29 is 33.3 Å². The zero-order chi connectivity index (χ0) is 22.1. The first-order valence-electron chi connectivity index (χ1n) is 9.25. The summed E-state index contributed by atoms with van der Waals surface area (Å²) in [7, 11) is 2.03. The summed E-state index contributed by atoms with van der Waals surface area (Å²) >= 11 is 0. The molecule has 0 spiro atoms. The number of halogens is 2. The lowest BCUT2D eigenvalue weighted by Crippen LogP contribution is -2.42. The van der Waals surface area contributed by atoms with Crippen molar-refractivity contribution in [3.63, 3.8) is 0 Å². The van der Waals surface area contributed by atoms with Crippen molar-refractivity contribution in [1.29, 1.82) is 0 Å². The number of carbonyl (C=O) groups is 2. The molecule has 160 valence electrons. The Morgan fingerprint density at radius 2 is 1.63 bits per heavy atom. The predicted octanol–water partition coefficient (Wildman–Crippen LogP) is 3.54. The van der Waals surface area contributed by atoms with Crippen LogP contribution in [-0.2, 0) is 9.59 Å². The smallest absolute Gasteiger partial charge is 0.328 e. The van der Waals surface area contributed by atoms with Crippen molar-refractivity contribution in [3.05, 3.63) is 77.9 Å². The highest BCUT2D eigenvalue weighted by Gasteiger charge is 2.32. The summed E-state index contributed by atoms with van der Waals surface area (Å²) in [5.41, 5.74) is 0.682. The molecule has 1 aliphatic heterocycles. The van der Waals surface area contributed by atoms with Crippen LogP contribution in [0.1, 0.15) is 17.9 Å². The van der Waals surface area contributed by atoms with Gasteiger partial charge in [-0.05, 0) is 49.4 Å². The Morgan fingerprint density at radius 1 is 1.03 bits per heavy atom. The van der Waals surface area contributed by atoms with Gasteiger partial charge in [-0.3, -0.25) is 0 Å². The molecule has 0 saturated carbocycles. The zero-order valence-electron chi connectivity index (χ0n) is 16.4. The third kappa shape index (κ3) is 7.29. The van der Waals surface area contributed by atoms with Crippen LogP contribution in [0.4, 0.5) is 8.78 Å². The maximum absolute atomic E-state index is 14.1. The summed E-state index contributed by atoms with van der Waals surface area (Å²) < 4.78 is 33.2. The van der Waals surface area contributed by atoms with Crippen molar-refractivity contribution in [2.45, 2.75) is 18.4 Å². The molecule has 2 atom stereocenters. The van der Waals surface area contributed by atoms with Gasteiger partial charge >= 0.3 is 11.9 Å². The lowest BCUT2D eigenvalue weighted by molar-refractivity contribution is -0.134. The average molecular weight is 419 g/mol. The molecule has 1 heterocycles. The normalized spacial score (nSPS) is 19.0. The molecule has 0 aromatic heterocycles. The molecule has 8 heteroatoms. The van der Waals surface area contributed by atoms with E-state index in [0.29, 0.717) is 23.5 Å². The Kier molecular flexibility index (Phi) is 8.49. The molecule has 2 unspecified atom stereocenters. The van der Waals surface area contributed by atoms with Crippen LogP contribution in [0, 0.1) is 11.6 Å². The van der Waals surface area contributed by atoms with E-state index in [0.717, 1.165) is 19.5 Å². The summed E-state index contributed by atoms with van der Waals surface area (Å²) in [5.74, 6) is -2.42. The minimum atomic E-state index is -1.26. The zero-order valence-corrected chi connectivity index (χ0v) is 16.4. The maximum Gasteiger partial charge on any atom is 0.328 e. The van der Waals surface area contributed by atoms with Gasteiger partial charge in [0.15, 0.2) is 0 Å². The number of carboxylic acids is 2. The Hall–Kier alpha value is -3.26. The van der Waals surface area contributed by atoms with Gasteiger partial charge in [-0.15, -0.1) is 0 Å². The standard InChI is InChI=1S/C18H19F2NO.C4H4O4/c1-21-11-10-18(22-14-8-6-13(19)7-9-14)16(12-21)15-4-2-3-5-17(15)20;5-3(6)1-2-4(7)8/h2-9,16,18H,10-12H2,1H3;1-2H,(H,5,6)(H,7,8). The molecule has 2 aromatic rings. The molecule has 0 amide bonds. The Morgan fingerprint density at radius 3 is 2.20 bits per heavy atom. The predicted molar refractivity (Wildman–Crippen MR) is 106 cm³/mol. The number of benzene rings is 2. The van der Waals surface area contributed by atoms with Crippen LogP contribution < -0.4 is 4.74 Å². The number of carboxylic acid groups (broad SMARTS) is 2. The molecule has 1 fully saturated rings. The molecule has 30 heavy (non-hydrogen) atoms. The second-order valence-electron chi connectivity index (χ2n) is 6.80. The third-order valence-electron chi connectivity index (χ3n) is 4.53. The third-order valence-corrected chi connectivity index (χ3v) is 4.53. The van der Waals surface area contributed by atoms with Gasteiger partial charge in [-0.25, -0.2) is 18.4 Å². The van der Waals surface area contributed by atoms with Gasteiger partial charge in [0.05, 0.1) is 0 Å². The van der Waals surface area contributed by atoms with Crippen LogP contribution in [0.25, 0.3) is 0 Å². The van der Waals surface area contributed by atoms with E-state index in [1.165, 1.54) is 18.2 Å². The maximum atomic E-state index is 14.1. The van der Waals surface area contributed by atoms with Crippen LogP contribution in [0.5, 0.6) is 5.75 Å². The van der Waals surface area contributed by atoms with Crippen LogP contribution in [0.3, 0.4) is 0 Å². The lowest BCUT2D eigenvalue weighted by atomic mass is 9.87. The van der Waals surface area contributed by atoms with E-state index in [1.807, 2.05) is 19.2 Å². The van der Waals surface area contributed by atoms with Crippen molar-refractivity contribution in [1.82, 2.24) is 4.90 Å². The monoisotopic (exact) mass is 419 g/mol. The molecule has 1 aliphatic rings. The van der Waals surface area contributed by atoms with Crippen molar-refractivity contribution in [2.75, 3.05) is 20.1 Å². The van der Waals surface area contributed by atoms with Gasteiger partial charge in [-0.2, -0.15) is 0 Å². The molecule has 0 aliphatic carbocycles.